The number of carbonyl (C=O) groups excluding carboxylic acids is 1. The Morgan fingerprint density at radius 2 is 1.57 bits per heavy atom. The predicted octanol–water partition coefficient (Wildman–Crippen LogP) is 5.45. The van der Waals surface area contributed by atoms with E-state index in [0.717, 1.165) is 22.6 Å². The van der Waals surface area contributed by atoms with Gasteiger partial charge in [0.25, 0.3) is 5.91 Å². The molecule has 0 N–H and O–H groups in total. The molecule has 2 heterocycles. The number of amidine groups is 1. The summed E-state index contributed by atoms with van der Waals surface area (Å²) in [5.41, 5.74) is 4.97. The predicted molar refractivity (Wildman–Crippen MR) is 118 cm³/mol. The van der Waals surface area contributed by atoms with Crippen LogP contribution in [0.1, 0.15) is 16.8 Å². The molecule has 0 atom stereocenters. The maximum absolute atomic E-state index is 13.2. The summed E-state index contributed by atoms with van der Waals surface area (Å²) in [4.78, 5) is 20.4. The molecule has 0 spiro atoms. The molecule has 4 nitrogen and oxygen atoms in total. The molecule has 1 aromatic heterocycles. The molecule has 1 fully saturated rings. The van der Waals surface area contributed by atoms with Gasteiger partial charge in [0, 0.05) is 18.9 Å². The molecule has 0 bridgehead atoms. The quantitative estimate of drug-likeness (QED) is 0.560. The molecule has 140 valence electrons. The van der Waals surface area contributed by atoms with Gasteiger partial charge in [-0.25, -0.2) is 4.99 Å². The molecule has 0 aliphatic carbocycles. The lowest BCUT2D eigenvalue weighted by Crippen LogP contribution is -2.28. The van der Waals surface area contributed by atoms with Crippen molar-refractivity contribution in [3.8, 4) is 0 Å². The number of amides is 1. The third-order valence-corrected chi connectivity index (χ3v) is 5.59. The van der Waals surface area contributed by atoms with Crippen molar-refractivity contribution in [3.05, 3.63) is 88.6 Å². The fourth-order valence-corrected chi connectivity index (χ4v) is 3.94. The van der Waals surface area contributed by atoms with E-state index in [1.165, 1.54) is 17.3 Å². The third-order valence-electron chi connectivity index (χ3n) is 4.62. The summed E-state index contributed by atoms with van der Waals surface area (Å²) in [6, 6.07) is 19.9. The van der Waals surface area contributed by atoms with E-state index in [1.807, 2.05) is 98.4 Å². The summed E-state index contributed by atoms with van der Waals surface area (Å²) < 4.78 is 1.99. The van der Waals surface area contributed by atoms with Gasteiger partial charge < -0.3 is 4.57 Å². The molecule has 0 radical (unpaired) electrons. The number of benzene rings is 2. The lowest BCUT2D eigenvalue weighted by Gasteiger charge is -2.16. The second-order valence-corrected chi connectivity index (χ2v) is 7.87. The van der Waals surface area contributed by atoms with Crippen molar-refractivity contribution in [3.63, 3.8) is 0 Å². The van der Waals surface area contributed by atoms with Gasteiger partial charge >= 0.3 is 0 Å². The average Bonchev–Trinajstić information content (AvgIpc) is 3.22. The smallest absolute Gasteiger partial charge is 0.271 e. The maximum atomic E-state index is 13.2. The van der Waals surface area contributed by atoms with Gasteiger partial charge in [0.2, 0.25) is 0 Å². The van der Waals surface area contributed by atoms with Crippen LogP contribution in [0.5, 0.6) is 0 Å². The SMILES string of the molecule is Cc1ccc(N=C2S/C(=C/c3cccn3C)C(=O)N2c2ccc(C)cc2)cc1. The Morgan fingerprint density at radius 3 is 2.18 bits per heavy atom. The number of nitrogens with zero attached hydrogens (tertiary/aromatic N) is 3. The Kier molecular flexibility index (Phi) is 4.92. The Labute approximate surface area is 169 Å². The zero-order valence-electron chi connectivity index (χ0n) is 16.1. The number of anilines is 1. The lowest BCUT2D eigenvalue weighted by molar-refractivity contribution is -0.113. The van der Waals surface area contributed by atoms with E-state index in [9.17, 15) is 4.79 Å². The van der Waals surface area contributed by atoms with Crippen LogP contribution < -0.4 is 4.90 Å². The minimum Gasteiger partial charge on any atom is -0.351 e. The zero-order valence-corrected chi connectivity index (χ0v) is 16.9. The number of hydrogen-bond donors (Lipinski definition) is 0. The van der Waals surface area contributed by atoms with E-state index in [0.29, 0.717) is 10.1 Å². The summed E-state index contributed by atoms with van der Waals surface area (Å²) in [5, 5.41) is 0.665. The molecule has 1 saturated heterocycles. The summed E-state index contributed by atoms with van der Waals surface area (Å²) in [5.74, 6) is -0.0547. The first-order chi connectivity index (χ1) is 13.5. The second-order valence-electron chi connectivity index (χ2n) is 6.86. The molecular formula is C23H21N3OS. The van der Waals surface area contributed by atoms with Crippen LogP contribution in [-0.4, -0.2) is 15.6 Å². The lowest BCUT2D eigenvalue weighted by atomic mass is 10.2. The topological polar surface area (TPSA) is 37.6 Å². The van der Waals surface area contributed by atoms with Crippen molar-refractivity contribution >= 4 is 40.3 Å². The highest BCUT2D eigenvalue weighted by molar-refractivity contribution is 8.19. The third kappa shape index (κ3) is 3.66. The van der Waals surface area contributed by atoms with Gasteiger partial charge in [0.15, 0.2) is 5.17 Å². The Morgan fingerprint density at radius 1 is 0.929 bits per heavy atom. The Balaban J connectivity index is 1.78. The Bertz CT molecular complexity index is 1080. The standard InChI is InChI=1S/C23H21N3OS/c1-16-6-10-18(11-7-16)24-23-26(19-12-8-17(2)9-13-19)22(27)21(28-23)15-20-5-4-14-25(20)3/h4-15H,1-3H3/b21-15+,24-23?. The van der Waals surface area contributed by atoms with E-state index in [4.69, 9.17) is 4.99 Å². The molecule has 0 unspecified atom stereocenters. The summed E-state index contributed by atoms with van der Waals surface area (Å²) in [6.07, 6.45) is 3.89. The van der Waals surface area contributed by atoms with Gasteiger partial charge in [-0.1, -0.05) is 35.4 Å². The highest BCUT2D eigenvalue weighted by Crippen LogP contribution is 2.37. The number of aryl methyl sites for hydroxylation is 3. The number of rotatable bonds is 3. The molecule has 1 amide bonds. The number of aliphatic imine (C=N–C) groups is 1. The molecule has 1 aliphatic heterocycles. The number of carbonyl (C=O) groups is 1. The van der Waals surface area contributed by atoms with Crippen molar-refractivity contribution in [1.82, 2.24) is 4.57 Å². The summed E-state index contributed by atoms with van der Waals surface area (Å²) >= 11 is 1.41. The van der Waals surface area contributed by atoms with Crippen LogP contribution in [0.4, 0.5) is 11.4 Å². The largest absolute Gasteiger partial charge is 0.351 e. The van der Waals surface area contributed by atoms with Gasteiger partial charge in [-0.05, 0) is 68.1 Å². The van der Waals surface area contributed by atoms with Gasteiger partial charge in [-0.2, -0.15) is 0 Å². The van der Waals surface area contributed by atoms with Crippen LogP contribution >= 0.6 is 11.8 Å². The van der Waals surface area contributed by atoms with Crippen molar-refractivity contribution in [1.29, 1.82) is 0 Å². The zero-order chi connectivity index (χ0) is 19.7. The van der Waals surface area contributed by atoms with Crippen LogP contribution in [0.25, 0.3) is 6.08 Å². The molecule has 2 aromatic carbocycles. The van der Waals surface area contributed by atoms with Gasteiger partial charge in [-0.15, -0.1) is 0 Å². The summed E-state index contributed by atoms with van der Waals surface area (Å²) in [7, 11) is 1.97. The first-order valence-electron chi connectivity index (χ1n) is 9.08. The van der Waals surface area contributed by atoms with E-state index in [1.54, 1.807) is 4.90 Å². The monoisotopic (exact) mass is 387 g/mol. The first kappa shape index (κ1) is 18.3. The minimum absolute atomic E-state index is 0.0547. The van der Waals surface area contributed by atoms with Crippen molar-refractivity contribution < 1.29 is 4.79 Å². The number of aromatic nitrogens is 1. The second kappa shape index (κ2) is 7.52. The molecule has 1 aliphatic rings. The highest BCUT2D eigenvalue weighted by Gasteiger charge is 2.34. The molecule has 4 rings (SSSR count). The van der Waals surface area contributed by atoms with E-state index < -0.39 is 0 Å². The van der Waals surface area contributed by atoms with Crippen LogP contribution in [-0.2, 0) is 11.8 Å². The fourth-order valence-electron chi connectivity index (χ4n) is 2.96. The maximum Gasteiger partial charge on any atom is 0.271 e. The first-order valence-corrected chi connectivity index (χ1v) is 9.90. The average molecular weight is 388 g/mol. The van der Waals surface area contributed by atoms with Crippen LogP contribution in [0.2, 0.25) is 0 Å². The van der Waals surface area contributed by atoms with Gasteiger partial charge in [0.1, 0.15) is 0 Å². The van der Waals surface area contributed by atoms with Crippen molar-refractivity contribution in [2.75, 3.05) is 4.90 Å². The van der Waals surface area contributed by atoms with Crippen LogP contribution in [0, 0.1) is 13.8 Å². The van der Waals surface area contributed by atoms with E-state index in [-0.39, 0.29) is 5.91 Å². The van der Waals surface area contributed by atoms with Gasteiger partial charge in [-0.3, -0.25) is 9.69 Å². The number of hydrogen-bond acceptors (Lipinski definition) is 3. The highest BCUT2D eigenvalue weighted by atomic mass is 32.2. The Hall–Kier alpha value is -3.05. The van der Waals surface area contributed by atoms with Crippen molar-refractivity contribution in [2.24, 2.45) is 12.0 Å². The van der Waals surface area contributed by atoms with Gasteiger partial charge in [0.05, 0.1) is 16.3 Å². The number of thioether (sulfide) groups is 1. The van der Waals surface area contributed by atoms with Crippen LogP contribution in [0.15, 0.2) is 76.8 Å². The summed E-state index contributed by atoms with van der Waals surface area (Å²) in [6.45, 7) is 4.08. The van der Waals surface area contributed by atoms with Crippen LogP contribution in [0.3, 0.4) is 0 Å². The van der Waals surface area contributed by atoms with E-state index >= 15 is 0 Å². The molecule has 5 heteroatoms. The molecule has 28 heavy (non-hydrogen) atoms. The molecular weight excluding hydrogens is 366 g/mol. The fraction of sp³-hybridized carbons (Fsp3) is 0.130. The minimum atomic E-state index is -0.0547. The molecule has 3 aromatic rings. The van der Waals surface area contributed by atoms with Crippen molar-refractivity contribution in [2.45, 2.75) is 13.8 Å². The normalized spacial score (nSPS) is 17.1. The molecule has 0 saturated carbocycles. The van der Waals surface area contributed by atoms with E-state index in [2.05, 4.69) is 0 Å².